The first kappa shape index (κ1) is 13.8. The number of hydrogen-bond acceptors (Lipinski definition) is 3. The average molecular weight is 341 g/mol. The molecule has 0 amide bonds. The zero-order chi connectivity index (χ0) is 14.7. The molecule has 4 nitrogen and oxygen atoms in total. The number of halogens is 1. The van der Waals surface area contributed by atoms with Gasteiger partial charge in [0.05, 0.1) is 17.5 Å². The second kappa shape index (κ2) is 6.06. The molecule has 3 rings (SSSR count). The number of aryl methyl sites for hydroxylation is 1. The number of aromatic amines is 1. The van der Waals surface area contributed by atoms with Crippen LogP contribution in [0.2, 0.25) is 0 Å². The van der Waals surface area contributed by atoms with Crippen LogP contribution in [0.5, 0.6) is 0 Å². The molecule has 2 heterocycles. The Kier molecular flexibility index (Phi) is 3.98. The van der Waals surface area contributed by atoms with Gasteiger partial charge in [-0.2, -0.15) is 5.26 Å². The molecule has 1 atom stereocenters. The molecule has 1 N–H and O–H groups in total. The van der Waals surface area contributed by atoms with Gasteiger partial charge in [-0.15, -0.1) is 0 Å². The lowest BCUT2D eigenvalue weighted by molar-refractivity contribution is 0.891. The van der Waals surface area contributed by atoms with E-state index in [2.05, 4.69) is 37.0 Å². The van der Waals surface area contributed by atoms with Crippen molar-refractivity contribution in [1.29, 1.82) is 5.26 Å². The van der Waals surface area contributed by atoms with Crippen molar-refractivity contribution in [3.63, 3.8) is 0 Å². The van der Waals surface area contributed by atoms with E-state index in [1.54, 1.807) is 6.20 Å². The predicted octanol–water partition coefficient (Wildman–Crippen LogP) is 3.85. The summed E-state index contributed by atoms with van der Waals surface area (Å²) in [4.78, 5) is 12.0. The summed E-state index contributed by atoms with van der Waals surface area (Å²) in [5, 5.41) is 8.91. The third-order valence-electron chi connectivity index (χ3n) is 3.30. The van der Waals surface area contributed by atoms with Crippen molar-refractivity contribution in [2.45, 2.75) is 12.8 Å². The van der Waals surface area contributed by atoms with Gasteiger partial charge in [0, 0.05) is 17.1 Å². The lowest BCUT2D eigenvalue weighted by Crippen LogP contribution is -1.90. The first-order valence-electron chi connectivity index (χ1n) is 6.70. The number of nitriles is 1. The number of nitrogens with one attached hydrogen (secondary N) is 1. The number of allylic oxidation sites excluding steroid dienone is 6. The van der Waals surface area contributed by atoms with Crippen LogP contribution in [0.15, 0.2) is 52.7 Å². The smallest absolute Gasteiger partial charge is 0.177 e. The molecule has 1 aliphatic rings. The Morgan fingerprint density at radius 1 is 1.33 bits per heavy atom. The molecule has 0 aliphatic heterocycles. The topological polar surface area (TPSA) is 65.4 Å². The number of imidazole rings is 1. The van der Waals surface area contributed by atoms with E-state index in [0.29, 0.717) is 0 Å². The summed E-state index contributed by atoms with van der Waals surface area (Å²) in [5.41, 5.74) is 2.87. The third kappa shape index (κ3) is 3.29. The van der Waals surface area contributed by atoms with E-state index < -0.39 is 0 Å². The zero-order valence-corrected chi connectivity index (χ0v) is 12.8. The first-order chi connectivity index (χ1) is 10.2. The number of hydrogen-bond donors (Lipinski definition) is 1. The van der Waals surface area contributed by atoms with E-state index in [4.69, 9.17) is 5.26 Å². The second-order valence-electron chi connectivity index (χ2n) is 4.85. The average Bonchev–Trinajstić information content (AvgIpc) is 2.74. The minimum atomic E-state index is -0.133. The molecule has 0 fully saturated rings. The van der Waals surface area contributed by atoms with Gasteiger partial charge >= 0.3 is 0 Å². The summed E-state index contributed by atoms with van der Waals surface area (Å²) in [5.74, 6) is 0.793. The van der Waals surface area contributed by atoms with Crippen LogP contribution in [0.4, 0.5) is 0 Å². The highest BCUT2D eigenvalue weighted by Gasteiger charge is 2.06. The van der Waals surface area contributed by atoms with E-state index >= 15 is 0 Å². The van der Waals surface area contributed by atoms with Crippen molar-refractivity contribution in [2.75, 3.05) is 0 Å². The van der Waals surface area contributed by atoms with E-state index in [1.165, 1.54) is 5.57 Å². The summed E-state index contributed by atoms with van der Waals surface area (Å²) in [6, 6.07) is 4.20. The predicted molar refractivity (Wildman–Crippen MR) is 85.4 cm³/mol. The molecule has 1 aliphatic carbocycles. The van der Waals surface area contributed by atoms with Crippen molar-refractivity contribution in [3.8, 4) is 6.07 Å². The summed E-state index contributed by atoms with van der Waals surface area (Å²) in [7, 11) is 0. The Hall–Kier alpha value is -2.19. The summed E-state index contributed by atoms with van der Waals surface area (Å²) >= 11 is 3.40. The third-order valence-corrected chi connectivity index (χ3v) is 3.73. The van der Waals surface area contributed by atoms with Gasteiger partial charge in [0.15, 0.2) is 5.65 Å². The fraction of sp³-hybridized carbons (Fsp3) is 0.188. The van der Waals surface area contributed by atoms with E-state index in [-0.39, 0.29) is 5.92 Å². The van der Waals surface area contributed by atoms with Crippen molar-refractivity contribution < 1.29 is 0 Å². The molecule has 1 unspecified atom stereocenters. The normalized spacial score (nSPS) is 17.5. The molecule has 0 radical (unpaired) electrons. The lowest BCUT2D eigenvalue weighted by Gasteiger charge is -1.98. The van der Waals surface area contributed by atoms with Gasteiger partial charge in [0.2, 0.25) is 0 Å². The van der Waals surface area contributed by atoms with Crippen LogP contribution in [0, 0.1) is 17.2 Å². The SMILES string of the molecule is N#CC1C=CC=C(CCc2nc3ncc(Br)cc3[nH]2)C=C1. The molecular formula is C16H13BrN4. The molecule has 104 valence electrons. The molecule has 0 spiro atoms. The van der Waals surface area contributed by atoms with Crippen LogP contribution in [-0.2, 0) is 6.42 Å². The Bertz CT molecular complexity index is 792. The molecule has 0 aromatic carbocycles. The molecule has 0 saturated heterocycles. The number of fused-ring (bicyclic) bond motifs is 1. The molecule has 2 aromatic heterocycles. The van der Waals surface area contributed by atoms with Crippen LogP contribution >= 0.6 is 15.9 Å². The summed E-state index contributed by atoms with van der Waals surface area (Å²) in [6.45, 7) is 0. The molecule has 0 bridgehead atoms. The number of nitrogens with zero attached hydrogens (tertiary/aromatic N) is 3. The zero-order valence-electron chi connectivity index (χ0n) is 11.3. The van der Waals surface area contributed by atoms with Gasteiger partial charge in [-0.05, 0) is 34.0 Å². The maximum Gasteiger partial charge on any atom is 0.177 e. The summed E-state index contributed by atoms with van der Waals surface area (Å²) < 4.78 is 0.937. The fourth-order valence-electron chi connectivity index (χ4n) is 2.20. The van der Waals surface area contributed by atoms with Crippen molar-refractivity contribution in [3.05, 3.63) is 58.5 Å². The maximum absolute atomic E-state index is 8.91. The monoisotopic (exact) mass is 340 g/mol. The van der Waals surface area contributed by atoms with E-state index in [9.17, 15) is 0 Å². The van der Waals surface area contributed by atoms with Gasteiger partial charge in [-0.3, -0.25) is 0 Å². The van der Waals surface area contributed by atoms with E-state index in [1.807, 2.05) is 36.4 Å². The Morgan fingerprint density at radius 2 is 2.24 bits per heavy atom. The highest BCUT2D eigenvalue weighted by Crippen LogP contribution is 2.18. The minimum Gasteiger partial charge on any atom is -0.341 e. The van der Waals surface area contributed by atoms with Gasteiger partial charge < -0.3 is 4.98 Å². The van der Waals surface area contributed by atoms with Crippen LogP contribution < -0.4 is 0 Å². The minimum absolute atomic E-state index is 0.133. The van der Waals surface area contributed by atoms with Crippen LogP contribution in [0.1, 0.15) is 12.2 Å². The van der Waals surface area contributed by atoms with Gasteiger partial charge in [0.1, 0.15) is 5.82 Å². The van der Waals surface area contributed by atoms with Crippen LogP contribution in [0.25, 0.3) is 11.2 Å². The second-order valence-corrected chi connectivity index (χ2v) is 5.76. The largest absolute Gasteiger partial charge is 0.341 e. The quantitative estimate of drug-likeness (QED) is 0.922. The Labute approximate surface area is 131 Å². The van der Waals surface area contributed by atoms with Crippen LogP contribution in [-0.4, -0.2) is 15.0 Å². The lowest BCUT2D eigenvalue weighted by atomic mass is 10.1. The molecule has 21 heavy (non-hydrogen) atoms. The molecule has 5 heteroatoms. The van der Waals surface area contributed by atoms with Crippen LogP contribution in [0.3, 0.4) is 0 Å². The Morgan fingerprint density at radius 3 is 3.10 bits per heavy atom. The van der Waals surface area contributed by atoms with Gasteiger partial charge in [-0.1, -0.05) is 30.4 Å². The standard InChI is InChI=1S/C16H13BrN4/c17-13-8-14-16(19-10-13)21-15(20-14)7-6-11-2-1-3-12(9-18)5-4-11/h1-5,8,10,12H,6-7H2,(H,19,20,21). The molecule has 0 saturated carbocycles. The van der Waals surface area contributed by atoms with Crippen molar-refractivity contribution >= 4 is 27.1 Å². The van der Waals surface area contributed by atoms with E-state index in [0.717, 1.165) is 34.3 Å². The molecular weight excluding hydrogens is 328 g/mol. The number of H-pyrrole nitrogens is 1. The number of pyridine rings is 1. The highest BCUT2D eigenvalue weighted by molar-refractivity contribution is 9.10. The first-order valence-corrected chi connectivity index (χ1v) is 7.49. The molecule has 2 aromatic rings. The summed E-state index contributed by atoms with van der Waals surface area (Å²) in [6.07, 6.45) is 13.3. The highest BCUT2D eigenvalue weighted by atomic mass is 79.9. The van der Waals surface area contributed by atoms with Gasteiger partial charge in [-0.25, -0.2) is 9.97 Å². The van der Waals surface area contributed by atoms with Crippen molar-refractivity contribution in [2.24, 2.45) is 5.92 Å². The number of rotatable bonds is 3. The fourth-order valence-corrected chi connectivity index (χ4v) is 2.54. The van der Waals surface area contributed by atoms with Gasteiger partial charge in [0.25, 0.3) is 0 Å². The maximum atomic E-state index is 8.91. The number of aromatic nitrogens is 3. The van der Waals surface area contributed by atoms with Crippen molar-refractivity contribution in [1.82, 2.24) is 15.0 Å². The Balaban J connectivity index is 1.71.